The van der Waals surface area contributed by atoms with E-state index in [0.29, 0.717) is 0 Å². The summed E-state index contributed by atoms with van der Waals surface area (Å²) in [5.74, 6) is 0. The summed E-state index contributed by atoms with van der Waals surface area (Å²) >= 11 is 0. The number of hydrogen-bond acceptors (Lipinski definition) is 7. The summed E-state index contributed by atoms with van der Waals surface area (Å²) in [7, 11) is 0. The van der Waals surface area contributed by atoms with Gasteiger partial charge in [0.2, 0.25) is 0 Å². The first-order valence-corrected chi connectivity index (χ1v) is 5.65. The van der Waals surface area contributed by atoms with E-state index in [1.807, 2.05) is 0 Å². The number of rotatable bonds is 1. The van der Waals surface area contributed by atoms with Gasteiger partial charge in [-0.1, -0.05) is 0 Å². The third-order valence-electron chi connectivity index (χ3n) is 3.11. The number of aromatic amines is 1. The van der Waals surface area contributed by atoms with Gasteiger partial charge in [0.1, 0.15) is 18.3 Å². The normalized spacial score (nSPS) is 31.7. The van der Waals surface area contributed by atoms with E-state index in [2.05, 4.69) is 15.0 Å². The fourth-order valence-electron chi connectivity index (χ4n) is 2.08. The van der Waals surface area contributed by atoms with Crippen LogP contribution in [0.15, 0.2) is 17.4 Å². The van der Waals surface area contributed by atoms with Crippen molar-refractivity contribution < 1.29 is 20.1 Å². The number of imidazole rings is 1. The molecule has 1 fully saturated rings. The smallest absolute Gasteiger partial charge is 0.278 e. The topological polar surface area (TPSA) is 133 Å². The van der Waals surface area contributed by atoms with Crippen LogP contribution >= 0.6 is 0 Å². The van der Waals surface area contributed by atoms with Crippen LogP contribution in [0.3, 0.4) is 0 Å². The molecule has 1 aliphatic rings. The predicted octanol–water partition coefficient (Wildman–Crippen LogP) is -2.27. The monoisotopic (exact) mass is 268 g/mol. The molecule has 0 unspecified atom stereocenters. The van der Waals surface area contributed by atoms with Crippen LogP contribution in [-0.2, 0) is 4.74 Å². The van der Waals surface area contributed by atoms with Gasteiger partial charge in [0.25, 0.3) is 5.56 Å². The van der Waals surface area contributed by atoms with E-state index in [1.165, 1.54) is 17.2 Å². The maximum absolute atomic E-state index is 11.5. The van der Waals surface area contributed by atoms with Crippen molar-refractivity contribution in [3.63, 3.8) is 0 Å². The Bertz CT molecular complexity index is 653. The molecular weight excluding hydrogens is 256 g/mol. The highest BCUT2D eigenvalue weighted by Gasteiger charge is 2.39. The predicted molar refractivity (Wildman–Crippen MR) is 61.2 cm³/mol. The van der Waals surface area contributed by atoms with Crippen LogP contribution in [-0.4, -0.2) is 59.8 Å². The summed E-state index contributed by atoms with van der Waals surface area (Å²) < 4.78 is 6.63. The highest BCUT2D eigenvalue weighted by molar-refractivity contribution is 5.68. The lowest BCUT2D eigenvalue weighted by molar-refractivity contribution is -0.210. The Labute approximate surface area is 106 Å². The quantitative estimate of drug-likeness (QED) is 0.458. The third kappa shape index (κ3) is 1.83. The Kier molecular flexibility index (Phi) is 2.82. The summed E-state index contributed by atoms with van der Waals surface area (Å²) in [5.41, 5.74) is -0.0649. The van der Waals surface area contributed by atoms with Crippen molar-refractivity contribution in [1.29, 1.82) is 0 Å². The van der Waals surface area contributed by atoms with Crippen molar-refractivity contribution >= 4 is 11.2 Å². The van der Waals surface area contributed by atoms with E-state index >= 15 is 0 Å². The zero-order valence-corrected chi connectivity index (χ0v) is 9.67. The molecule has 3 rings (SSSR count). The minimum atomic E-state index is -1.35. The fraction of sp³-hybridized carbons (Fsp3) is 0.500. The van der Waals surface area contributed by atoms with E-state index < -0.39 is 30.1 Å². The van der Waals surface area contributed by atoms with E-state index in [1.54, 1.807) is 0 Å². The Hall–Kier alpha value is -1.81. The summed E-state index contributed by atoms with van der Waals surface area (Å²) in [5, 5.41) is 28.9. The molecule has 4 atom stereocenters. The van der Waals surface area contributed by atoms with Crippen LogP contribution < -0.4 is 5.56 Å². The number of aliphatic hydroxyl groups excluding tert-OH is 3. The largest absolute Gasteiger partial charge is 0.388 e. The highest BCUT2D eigenvalue weighted by Crippen LogP contribution is 2.25. The summed E-state index contributed by atoms with van der Waals surface area (Å²) in [6.07, 6.45) is -2.29. The lowest BCUT2D eigenvalue weighted by Crippen LogP contribution is -2.50. The SMILES string of the molecule is O=c1[nH]cnc2c1ncn2[C@@H]1OC[C@@H](O)[C@@H](O)[C@H]1O. The zero-order valence-electron chi connectivity index (χ0n) is 9.67. The minimum Gasteiger partial charge on any atom is -0.388 e. The number of nitrogens with one attached hydrogen (secondary N) is 1. The van der Waals surface area contributed by atoms with Crippen LogP contribution in [0.2, 0.25) is 0 Å². The van der Waals surface area contributed by atoms with Gasteiger partial charge in [-0.3, -0.25) is 9.36 Å². The number of fused-ring (bicyclic) bond motifs is 1. The zero-order chi connectivity index (χ0) is 13.6. The Balaban J connectivity index is 2.05. The maximum atomic E-state index is 11.5. The second-order valence-corrected chi connectivity index (χ2v) is 4.33. The van der Waals surface area contributed by atoms with E-state index in [-0.39, 0.29) is 17.8 Å². The van der Waals surface area contributed by atoms with Gasteiger partial charge in [-0.2, -0.15) is 0 Å². The molecule has 0 aliphatic carbocycles. The number of ether oxygens (including phenoxy) is 1. The third-order valence-corrected chi connectivity index (χ3v) is 3.11. The summed E-state index contributed by atoms with van der Waals surface area (Å²) in [6.45, 7) is -0.133. The van der Waals surface area contributed by atoms with Gasteiger partial charge in [0, 0.05) is 0 Å². The molecule has 4 N–H and O–H groups in total. The number of aliphatic hydroxyl groups is 3. The summed E-state index contributed by atoms with van der Waals surface area (Å²) in [4.78, 5) is 21.7. The van der Waals surface area contributed by atoms with Gasteiger partial charge in [-0.05, 0) is 0 Å². The van der Waals surface area contributed by atoms with Crippen molar-refractivity contribution in [1.82, 2.24) is 19.5 Å². The second-order valence-electron chi connectivity index (χ2n) is 4.33. The van der Waals surface area contributed by atoms with Crippen LogP contribution in [0.1, 0.15) is 6.23 Å². The van der Waals surface area contributed by atoms with Gasteiger partial charge >= 0.3 is 0 Å². The first-order chi connectivity index (χ1) is 9.09. The molecule has 9 heteroatoms. The molecule has 2 aromatic rings. The van der Waals surface area contributed by atoms with Crippen LogP contribution in [0, 0.1) is 0 Å². The average Bonchev–Trinajstić information content (AvgIpc) is 2.82. The molecule has 1 saturated heterocycles. The molecule has 19 heavy (non-hydrogen) atoms. The lowest BCUT2D eigenvalue weighted by atomic mass is 10.0. The Morgan fingerprint density at radius 3 is 2.89 bits per heavy atom. The molecule has 1 aliphatic heterocycles. The van der Waals surface area contributed by atoms with Gasteiger partial charge < -0.3 is 25.0 Å². The molecule has 3 heterocycles. The van der Waals surface area contributed by atoms with Crippen molar-refractivity contribution in [2.75, 3.05) is 6.61 Å². The van der Waals surface area contributed by atoms with Crippen molar-refractivity contribution in [2.24, 2.45) is 0 Å². The molecule has 0 aromatic carbocycles. The molecule has 0 amide bonds. The lowest BCUT2D eigenvalue weighted by Gasteiger charge is -2.35. The number of aromatic nitrogens is 4. The Morgan fingerprint density at radius 2 is 2.11 bits per heavy atom. The van der Waals surface area contributed by atoms with Crippen molar-refractivity contribution in [2.45, 2.75) is 24.5 Å². The molecule has 0 radical (unpaired) electrons. The number of nitrogens with zero attached hydrogens (tertiary/aromatic N) is 3. The van der Waals surface area contributed by atoms with E-state index in [0.717, 1.165) is 0 Å². The molecule has 0 saturated carbocycles. The van der Waals surface area contributed by atoms with Crippen LogP contribution in [0.4, 0.5) is 0 Å². The number of H-pyrrole nitrogens is 1. The van der Waals surface area contributed by atoms with Gasteiger partial charge in [0.15, 0.2) is 17.4 Å². The second kappa shape index (κ2) is 4.38. The molecule has 102 valence electrons. The van der Waals surface area contributed by atoms with Crippen molar-refractivity contribution in [3.05, 3.63) is 23.0 Å². The molecule has 0 bridgehead atoms. The Morgan fingerprint density at radius 1 is 1.32 bits per heavy atom. The van der Waals surface area contributed by atoms with Crippen LogP contribution in [0.5, 0.6) is 0 Å². The average molecular weight is 268 g/mol. The molecule has 0 spiro atoms. The van der Waals surface area contributed by atoms with Gasteiger partial charge in [-0.25, -0.2) is 9.97 Å². The van der Waals surface area contributed by atoms with Crippen LogP contribution in [0.25, 0.3) is 11.2 Å². The van der Waals surface area contributed by atoms with Crippen molar-refractivity contribution in [3.8, 4) is 0 Å². The summed E-state index contributed by atoms with van der Waals surface area (Å²) in [6, 6.07) is 0. The molecular formula is C10H12N4O5. The standard InChI is InChI=1S/C10H12N4O5/c15-4-1-19-10(7(17)6(4)16)14-3-13-5-8(14)11-2-12-9(5)18/h2-4,6-7,10,15-17H,1H2,(H,11,12,18)/t4-,6-,7-,10-/m1/s1. The first-order valence-electron chi connectivity index (χ1n) is 5.65. The number of hydrogen-bond donors (Lipinski definition) is 4. The van der Waals surface area contributed by atoms with E-state index in [4.69, 9.17) is 4.74 Å². The van der Waals surface area contributed by atoms with Gasteiger partial charge in [0.05, 0.1) is 19.3 Å². The molecule has 2 aromatic heterocycles. The maximum Gasteiger partial charge on any atom is 0.278 e. The highest BCUT2D eigenvalue weighted by atomic mass is 16.5. The fourth-order valence-corrected chi connectivity index (χ4v) is 2.08. The van der Waals surface area contributed by atoms with Gasteiger partial charge in [-0.15, -0.1) is 0 Å². The van der Waals surface area contributed by atoms with E-state index in [9.17, 15) is 20.1 Å². The minimum absolute atomic E-state index is 0.110. The first kappa shape index (κ1) is 12.2. The molecule has 9 nitrogen and oxygen atoms in total.